The SMILES string of the molecule is COC(=O)C(C)CSCC1CNC(=O)O1. The zero-order valence-electron chi connectivity index (χ0n) is 8.82. The van der Waals surface area contributed by atoms with Crippen molar-refractivity contribution in [2.75, 3.05) is 25.2 Å². The lowest BCUT2D eigenvalue weighted by molar-refractivity contribution is -0.144. The summed E-state index contributed by atoms with van der Waals surface area (Å²) in [5.41, 5.74) is 0. The fourth-order valence-electron chi connectivity index (χ4n) is 1.17. The van der Waals surface area contributed by atoms with Crippen molar-refractivity contribution in [3.05, 3.63) is 0 Å². The van der Waals surface area contributed by atoms with Gasteiger partial charge in [0.15, 0.2) is 0 Å². The fourth-order valence-corrected chi connectivity index (χ4v) is 2.24. The third kappa shape index (κ3) is 3.99. The number of esters is 1. The predicted molar refractivity (Wildman–Crippen MR) is 56.8 cm³/mol. The highest BCUT2D eigenvalue weighted by atomic mass is 32.2. The van der Waals surface area contributed by atoms with E-state index in [-0.39, 0.29) is 24.1 Å². The Balaban J connectivity index is 2.11. The second-order valence-electron chi connectivity index (χ2n) is 3.37. The van der Waals surface area contributed by atoms with Crippen LogP contribution in [0.4, 0.5) is 4.79 Å². The lowest BCUT2D eigenvalue weighted by atomic mass is 10.2. The first kappa shape index (κ1) is 12.2. The normalized spacial score (nSPS) is 21.7. The number of nitrogens with one attached hydrogen (secondary N) is 1. The fraction of sp³-hybridized carbons (Fsp3) is 0.778. The van der Waals surface area contributed by atoms with Gasteiger partial charge in [0.25, 0.3) is 0 Å². The number of carbonyl (C=O) groups excluding carboxylic acids is 2. The van der Waals surface area contributed by atoms with Gasteiger partial charge >= 0.3 is 12.1 Å². The molecule has 86 valence electrons. The van der Waals surface area contributed by atoms with Crippen LogP contribution in [0.3, 0.4) is 0 Å². The second kappa shape index (κ2) is 5.85. The predicted octanol–water partition coefficient (Wildman–Crippen LogP) is 0.637. The summed E-state index contributed by atoms with van der Waals surface area (Å²) in [7, 11) is 1.38. The summed E-state index contributed by atoms with van der Waals surface area (Å²) in [6.07, 6.45) is -0.436. The zero-order valence-corrected chi connectivity index (χ0v) is 9.63. The van der Waals surface area contributed by atoms with E-state index in [1.165, 1.54) is 7.11 Å². The van der Waals surface area contributed by atoms with Crippen molar-refractivity contribution < 1.29 is 19.1 Å². The molecule has 1 heterocycles. The van der Waals surface area contributed by atoms with Crippen LogP contribution >= 0.6 is 11.8 Å². The zero-order chi connectivity index (χ0) is 11.3. The maximum absolute atomic E-state index is 11.1. The van der Waals surface area contributed by atoms with Gasteiger partial charge in [-0.1, -0.05) is 6.92 Å². The average Bonchev–Trinajstić information content (AvgIpc) is 2.63. The van der Waals surface area contributed by atoms with E-state index in [2.05, 4.69) is 10.1 Å². The Hall–Kier alpha value is -0.910. The Morgan fingerprint density at radius 3 is 3.07 bits per heavy atom. The topological polar surface area (TPSA) is 64.6 Å². The molecular weight excluding hydrogens is 218 g/mol. The lowest BCUT2D eigenvalue weighted by Crippen LogP contribution is -2.19. The summed E-state index contributed by atoms with van der Waals surface area (Å²) in [5, 5.41) is 2.58. The molecule has 0 aliphatic carbocycles. The minimum Gasteiger partial charge on any atom is -0.469 e. The largest absolute Gasteiger partial charge is 0.469 e. The molecule has 0 spiro atoms. The molecule has 0 aromatic heterocycles. The van der Waals surface area contributed by atoms with E-state index >= 15 is 0 Å². The van der Waals surface area contributed by atoms with Gasteiger partial charge in [0.1, 0.15) is 6.10 Å². The van der Waals surface area contributed by atoms with Crippen LogP contribution in [0.25, 0.3) is 0 Å². The van der Waals surface area contributed by atoms with Crippen LogP contribution < -0.4 is 5.32 Å². The molecule has 2 atom stereocenters. The van der Waals surface area contributed by atoms with E-state index in [4.69, 9.17) is 4.74 Å². The summed E-state index contributed by atoms with van der Waals surface area (Å²) in [5.74, 6) is 1.06. The van der Waals surface area contributed by atoms with Crippen molar-refractivity contribution in [2.45, 2.75) is 13.0 Å². The van der Waals surface area contributed by atoms with E-state index in [1.54, 1.807) is 11.8 Å². The number of alkyl carbamates (subject to hydrolysis) is 1. The van der Waals surface area contributed by atoms with Crippen LogP contribution in [0, 0.1) is 5.92 Å². The molecule has 5 nitrogen and oxygen atoms in total. The van der Waals surface area contributed by atoms with E-state index in [0.717, 1.165) is 0 Å². The molecule has 0 aromatic carbocycles. The number of amides is 1. The molecule has 0 aromatic rings. The molecule has 0 radical (unpaired) electrons. The van der Waals surface area contributed by atoms with Gasteiger partial charge < -0.3 is 14.8 Å². The summed E-state index contributed by atoms with van der Waals surface area (Å²) in [4.78, 5) is 21.7. The smallest absolute Gasteiger partial charge is 0.407 e. The van der Waals surface area contributed by atoms with Crippen molar-refractivity contribution in [1.82, 2.24) is 5.32 Å². The molecule has 1 aliphatic heterocycles. The molecule has 1 aliphatic rings. The Morgan fingerprint density at radius 1 is 1.80 bits per heavy atom. The van der Waals surface area contributed by atoms with Crippen LogP contribution in [-0.2, 0) is 14.3 Å². The Labute approximate surface area is 92.9 Å². The van der Waals surface area contributed by atoms with E-state index in [0.29, 0.717) is 18.1 Å². The molecule has 1 amide bonds. The number of ether oxygens (including phenoxy) is 2. The highest BCUT2D eigenvalue weighted by molar-refractivity contribution is 7.99. The van der Waals surface area contributed by atoms with Crippen molar-refractivity contribution >= 4 is 23.8 Å². The van der Waals surface area contributed by atoms with Gasteiger partial charge in [-0.15, -0.1) is 0 Å². The highest BCUT2D eigenvalue weighted by Gasteiger charge is 2.23. The Bertz CT molecular complexity index is 246. The van der Waals surface area contributed by atoms with Gasteiger partial charge in [0.2, 0.25) is 0 Å². The third-order valence-electron chi connectivity index (χ3n) is 2.02. The summed E-state index contributed by atoms with van der Waals surface area (Å²) < 4.78 is 9.54. The van der Waals surface area contributed by atoms with Crippen molar-refractivity contribution in [3.63, 3.8) is 0 Å². The number of hydrogen-bond acceptors (Lipinski definition) is 5. The van der Waals surface area contributed by atoms with Crippen LogP contribution in [0.5, 0.6) is 0 Å². The molecule has 1 fully saturated rings. The van der Waals surface area contributed by atoms with Crippen LogP contribution in [0.15, 0.2) is 0 Å². The number of carbonyl (C=O) groups is 2. The first-order valence-electron chi connectivity index (χ1n) is 4.73. The quantitative estimate of drug-likeness (QED) is 0.706. The van der Waals surface area contributed by atoms with Gasteiger partial charge in [0, 0.05) is 11.5 Å². The first-order chi connectivity index (χ1) is 7.13. The van der Waals surface area contributed by atoms with Crippen molar-refractivity contribution in [3.8, 4) is 0 Å². The molecule has 2 unspecified atom stereocenters. The standard InChI is InChI=1S/C9H15NO4S/c1-6(8(11)13-2)4-15-5-7-3-10-9(12)14-7/h6-7H,3-5H2,1-2H3,(H,10,12). The van der Waals surface area contributed by atoms with Crippen molar-refractivity contribution in [2.24, 2.45) is 5.92 Å². The van der Waals surface area contributed by atoms with Gasteiger partial charge in [-0.3, -0.25) is 4.79 Å². The molecule has 1 rings (SSSR count). The number of methoxy groups -OCH3 is 1. The van der Waals surface area contributed by atoms with Gasteiger partial charge in [-0.2, -0.15) is 11.8 Å². The molecule has 0 bridgehead atoms. The first-order valence-corrected chi connectivity index (χ1v) is 5.89. The minimum absolute atomic E-state index is 0.0765. The number of hydrogen-bond donors (Lipinski definition) is 1. The number of rotatable bonds is 5. The monoisotopic (exact) mass is 233 g/mol. The number of cyclic esters (lactones) is 1. The number of thioether (sulfide) groups is 1. The summed E-state index contributed by atoms with van der Waals surface area (Å²) in [6.45, 7) is 2.37. The van der Waals surface area contributed by atoms with E-state index in [9.17, 15) is 9.59 Å². The Morgan fingerprint density at radius 2 is 2.53 bits per heavy atom. The average molecular weight is 233 g/mol. The van der Waals surface area contributed by atoms with Crippen LogP contribution in [-0.4, -0.2) is 43.3 Å². The maximum Gasteiger partial charge on any atom is 0.407 e. The lowest BCUT2D eigenvalue weighted by Gasteiger charge is -2.10. The summed E-state index contributed by atoms with van der Waals surface area (Å²) in [6, 6.07) is 0. The third-order valence-corrected chi connectivity index (χ3v) is 3.37. The molecule has 0 saturated carbocycles. The molecular formula is C9H15NO4S. The Kier molecular flexibility index (Phi) is 4.74. The second-order valence-corrected chi connectivity index (χ2v) is 4.44. The molecule has 15 heavy (non-hydrogen) atoms. The maximum atomic E-state index is 11.1. The molecule has 1 N–H and O–H groups in total. The van der Waals surface area contributed by atoms with Gasteiger partial charge in [-0.25, -0.2) is 4.79 Å². The minimum atomic E-state index is -0.360. The summed E-state index contributed by atoms with van der Waals surface area (Å²) >= 11 is 1.59. The van der Waals surface area contributed by atoms with Crippen molar-refractivity contribution in [1.29, 1.82) is 0 Å². The highest BCUT2D eigenvalue weighted by Crippen LogP contribution is 2.13. The molecule has 1 saturated heterocycles. The van der Waals surface area contributed by atoms with Crippen LogP contribution in [0.1, 0.15) is 6.92 Å². The van der Waals surface area contributed by atoms with E-state index < -0.39 is 0 Å². The van der Waals surface area contributed by atoms with Crippen LogP contribution in [0.2, 0.25) is 0 Å². The molecule has 6 heteroatoms. The van der Waals surface area contributed by atoms with Gasteiger partial charge in [-0.05, 0) is 0 Å². The van der Waals surface area contributed by atoms with E-state index in [1.807, 2.05) is 6.92 Å². The van der Waals surface area contributed by atoms with Gasteiger partial charge in [0.05, 0.1) is 19.6 Å².